The molecule has 1 unspecified atom stereocenters. The normalized spacial score (nSPS) is 12.7. The zero-order valence-corrected chi connectivity index (χ0v) is 14.3. The van der Waals surface area contributed by atoms with Gasteiger partial charge >= 0.3 is 0 Å². The van der Waals surface area contributed by atoms with Crippen molar-refractivity contribution in [3.05, 3.63) is 0 Å². The van der Waals surface area contributed by atoms with E-state index in [4.69, 9.17) is 30.5 Å². The number of nitrogens with one attached hydrogen (secondary N) is 1. The number of halogens is 1. The van der Waals surface area contributed by atoms with Gasteiger partial charge in [0.25, 0.3) is 0 Å². The highest BCUT2D eigenvalue weighted by atomic mass is 35.5. The van der Waals surface area contributed by atoms with E-state index >= 15 is 0 Å². The van der Waals surface area contributed by atoms with Crippen molar-refractivity contribution in [2.45, 2.75) is 32.2 Å². The second-order valence-corrected chi connectivity index (χ2v) is 5.15. The maximum absolute atomic E-state index is 5.73. The zero-order chi connectivity index (χ0) is 15.6. The molecule has 0 aliphatic rings. The molecular formula is C15H32ClNO4. The third kappa shape index (κ3) is 16.3. The standard InChI is InChI=1S/C15H32ClNO4/c1-3-4-8-19-10-12-21-13-11-20-9-7-17-15(5-6-16)14-18-2/h15,17H,3-14H2,1-2H3. The van der Waals surface area contributed by atoms with E-state index in [1.165, 1.54) is 6.42 Å². The minimum absolute atomic E-state index is 0.299. The van der Waals surface area contributed by atoms with Crippen molar-refractivity contribution in [1.29, 1.82) is 0 Å². The molecule has 0 rings (SSSR count). The second-order valence-electron chi connectivity index (χ2n) is 4.77. The van der Waals surface area contributed by atoms with E-state index < -0.39 is 0 Å². The molecule has 0 saturated heterocycles. The summed E-state index contributed by atoms with van der Waals surface area (Å²) in [5.74, 6) is 0.635. The number of hydrogen-bond acceptors (Lipinski definition) is 5. The molecule has 5 nitrogen and oxygen atoms in total. The van der Waals surface area contributed by atoms with Gasteiger partial charge in [0.2, 0.25) is 0 Å². The van der Waals surface area contributed by atoms with E-state index in [-0.39, 0.29) is 0 Å². The van der Waals surface area contributed by atoms with Crippen molar-refractivity contribution < 1.29 is 18.9 Å². The summed E-state index contributed by atoms with van der Waals surface area (Å²) < 4.78 is 21.4. The van der Waals surface area contributed by atoms with Gasteiger partial charge in [-0.05, 0) is 12.8 Å². The van der Waals surface area contributed by atoms with Crippen LogP contribution >= 0.6 is 11.6 Å². The Morgan fingerprint density at radius 3 is 2.14 bits per heavy atom. The second kappa shape index (κ2) is 18.1. The topological polar surface area (TPSA) is 49.0 Å². The van der Waals surface area contributed by atoms with Crippen LogP contribution < -0.4 is 5.32 Å². The molecule has 0 aromatic heterocycles. The molecule has 21 heavy (non-hydrogen) atoms. The van der Waals surface area contributed by atoms with Crippen LogP contribution in [0, 0.1) is 0 Å². The highest BCUT2D eigenvalue weighted by Crippen LogP contribution is 1.95. The Kier molecular flexibility index (Phi) is 18.2. The molecule has 0 spiro atoms. The molecule has 0 aromatic rings. The summed E-state index contributed by atoms with van der Waals surface area (Å²) in [6.07, 6.45) is 3.18. The molecule has 0 bridgehead atoms. The lowest BCUT2D eigenvalue weighted by atomic mass is 10.2. The molecule has 0 heterocycles. The first-order valence-electron chi connectivity index (χ1n) is 7.86. The molecule has 128 valence electrons. The van der Waals surface area contributed by atoms with Gasteiger partial charge in [-0.3, -0.25) is 0 Å². The maximum Gasteiger partial charge on any atom is 0.0701 e. The van der Waals surface area contributed by atoms with Gasteiger partial charge < -0.3 is 24.3 Å². The third-order valence-corrected chi connectivity index (χ3v) is 3.11. The molecule has 6 heteroatoms. The Morgan fingerprint density at radius 1 is 0.952 bits per heavy atom. The van der Waals surface area contributed by atoms with Crippen molar-refractivity contribution in [2.75, 3.05) is 65.8 Å². The van der Waals surface area contributed by atoms with Gasteiger partial charge in [-0.25, -0.2) is 0 Å². The molecule has 0 radical (unpaired) electrons. The quantitative estimate of drug-likeness (QED) is 0.328. The van der Waals surface area contributed by atoms with Crippen molar-refractivity contribution >= 4 is 11.6 Å². The Balaban J connectivity index is 3.17. The molecule has 0 aliphatic carbocycles. The number of methoxy groups -OCH3 is 1. The lowest BCUT2D eigenvalue weighted by Crippen LogP contribution is -2.36. The van der Waals surface area contributed by atoms with Crippen molar-refractivity contribution in [3.8, 4) is 0 Å². The number of alkyl halides is 1. The van der Waals surface area contributed by atoms with Crippen LogP contribution in [0.2, 0.25) is 0 Å². The minimum atomic E-state index is 0.299. The van der Waals surface area contributed by atoms with Gasteiger partial charge in [-0.1, -0.05) is 13.3 Å². The molecule has 0 amide bonds. The number of ether oxygens (including phenoxy) is 4. The van der Waals surface area contributed by atoms with Gasteiger partial charge in [0.05, 0.1) is 39.6 Å². The summed E-state index contributed by atoms with van der Waals surface area (Å²) in [6, 6.07) is 0.299. The number of rotatable bonds is 17. The van der Waals surface area contributed by atoms with Gasteiger partial charge in [0.1, 0.15) is 0 Å². The van der Waals surface area contributed by atoms with Crippen LogP contribution in [0.5, 0.6) is 0 Å². The zero-order valence-electron chi connectivity index (χ0n) is 13.6. The maximum atomic E-state index is 5.73. The van der Waals surface area contributed by atoms with Crippen LogP contribution in [0.3, 0.4) is 0 Å². The summed E-state index contributed by atoms with van der Waals surface area (Å²) in [7, 11) is 1.70. The molecule has 1 N–H and O–H groups in total. The van der Waals surface area contributed by atoms with Crippen LogP contribution in [0.15, 0.2) is 0 Å². The van der Waals surface area contributed by atoms with Gasteiger partial charge in [0, 0.05) is 32.2 Å². The summed E-state index contributed by atoms with van der Waals surface area (Å²) in [5, 5.41) is 3.36. The molecule has 0 fully saturated rings. The van der Waals surface area contributed by atoms with Crippen LogP contribution in [0.1, 0.15) is 26.2 Å². The van der Waals surface area contributed by atoms with Crippen LogP contribution in [-0.4, -0.2) is 71.8 Å². The molecular weight excluding hydrogens is 294 g/mol. The summed E-state index contributed by atoms with van der Waals surface area (Å²) in [4.78, 5) is 0. The van der Waals surface area contributed by atoms with Crippen LogP contribution in [0.25, 0.3) is 0 Å². The summed E-state index contributed by atoms with van der Waals surface area (Å²) in [6.45, 7) is 7.64. The lowest BCUT2D eigenvalue weighted by molar-refractivity contribution is 0.0140. The van der Waals surface area contributed by atoms with E-state index in [2.05, 4.69) is 12.2 Å². The molecule has 0 saturated carbocycles. The lowest BCUT2D eigenvalue weighted by Gasteiger charge is -2.16. The first-order valence-corrected chi connectivity index (χ1v) is 8.40. The average Bonchev–Trinajstić information content (AvgIpc) is 2.48. The highest BCUT2D eigenvalue weighted by Gasteiger charge is 2.05. The fourth-order valence-electron chi connectivity index (χ4n) is 1.70. The molecule has 0 aliphatic heterocycles. The summed E-state index contributed by atoms with van der Waals surface area (Å²) in [5.41, 5.74) is 0. The van der Waals surface area contributed by atoms with Gasteiger partial charge in [0.15, 0.2) is 0 Å². The predicted octanol–water partition coefficient (Wildman–Crippen LogP) is 2.07. The number of unbranched alkanes of at least 4 members (excludes halogenated alkanes) is 1. The van der Waals surface area contributed by atoms with Crippen molar-refractivity contribution in [2.24, 2.45) is 0 Å². The fraction of sp³-hybridized carbons (Fsp3) is 1.00. The van der Waals surface area contributed by atoms with Crippen molar-refractivity contribution in [1.82, 2.24) is 5.32 Å². The van der Waals surface area contributed by atoms with Crippen LogP contribution in [-0.2, 0) is 18.9 Å². The first-order chi connectivity index (χ1) is 10.3. The fourth-order valence-corrected chi connectivity index (χ4v) is 1.96. The third-order valence-electron chi connectivity index (χ3n) is 2.89. The van der Waals surface area contributed by atoms with E-state index in [0.29, 0.717) is 51.6 Å². The Hall–Kier alpha value is 0.0900. The van der Waals surface area contributed by atoms with E-state index in [1.54, 1.807) is 7.11 Å². The predicted molar refractivity (Wildman–Crippen MR) is 86.4 cm³/mol. The Bertz CT molecular complexity index is 193. The SMILES string of the molecule is CCCCOCCOCCOCCNC(CCCl)COC. The largest absolute Gasteiger partial charge is 0.383 e. The average molecular weight is 326 g/mol. The van der Waals surface area contributed by atoms with E-state index in [1.807, 2.05) is 0 Å². The highest BCUT2D eigenvalue weighted by molar-refractivity contribution is 6.17. The van der Waals surface area contributed by atoms with Crippen molar-refractivity contribution in [3.63, 3.8) is 0 Å². The Labute approximate surface area is 134 Å². The van der Waals surface area contributed by atoms with Gasteiger partial charge in [-0.2, -0.15) is 0 Å². The minimum Gasteiger partial charge on any atom is -0.383 e. The number of hydrogen-bond donors (Lipinski definition) is 1. The van der Waals surface area contributed by atoms with E-state index in [9.17, 15) is 0 Å². The first kappa shape index (κ1) is 21.1. The van der Waals surface area contributed by atoms with Gasteiger partial charge in [-0.15, -0.1) is 11.6 Å². The monoisotopic (exact) mass is 325 g/mol. The van der Waals surface area contributed by atoms with Crippen LogP contribution in [0.4, 0.5) is 0 Å². The molecule has 0 aromatic carbocycles. The smallest absolute Gasteiger partial charge is 0.0701 e. The van der Waals surface area contributed by atoms with E-state index in [0.717, 1.165) is 26.0 Å². The molecule has 1 atom stereocenters. The summed E-state index contributed by atoms with van der Waals surface area (Å²) >= 11 is 5.73. The Morgan fingerprint density at radius 2 is 1.57 bits per heavy atom.